The molecule has 1 aliphatic rings. The van der Waals surface area contributed by atoms with Crippen molar-refractivity contribution in [1.29, 1.82) is 0 Å². The molecule has 0 spiro atoms. The lowest BCUT2D eigenvalue weighted by atomic mass is 10.3. The SMILES string of the molecule is Fc1cccc(F)c1Nc1nncc(N2CCOCC2)n1. The van der Waals surface area contributed by atoms with Gasteiger partial charge in [-0.3, -0.25) is 0 Å². The molecular formula is C13H13F2N5O. The van der Waals surface area contributed by atoms with Crippen LogP contribution < -0.4 is 10.2 Å². The average Bonchev–Trinajstić information content (AvgIpc) is 2.52. The topological polar surface area (TPSA) is 63.2 Å². The molecule has 6 nitrogen and oxygen atoms in total. The number of nitrogens with zero attached hydrogens (tertiary/aromatic N) is 4. The van der Waals surface area contributed by atoms with Crippen LogP contribution in [0.4, 0.5) is 26.2 Å². The highest BCUT2D eigenvalue weighted by atomic mass is 19.1. The van der Waals surface area contributed by atoms with Gasteiger partial charge in [-0.15, -0.1) is 5.10 Å². The predicted octanol–water partition coefficient (Wildman–Crippen LogP) is 1.73. The van der Waals surface area contributed by atoms with E-state index in [0.29, 0.717) is 32.1 Å². The van der Waals surface area contributed by atoms with Crippen molar-refractivity contribution in [2.75, 3.05) is 36.5 Å². The number of halogens is 2. The van der Waals surface area contributed by atoms with E-state index in [-0.39, 0.29) is 11.6 Å². The molecule has 0 radical (unpaired) electrons. The van der Waals surface area contributed by atoms with Gasteiger partial charge in [0.1, 0.15) is 17.3 Å². The summed E-state index contributed by atoms with van der Waals surface area (Å²) in [5.41, 5.74) is -0.293. The summed E-state index contributed by atoms with van der Waals surface area (Å²) in [5.74, 6) is -0.790. The van der Waals surface area contributed by atoms with Gasteiger partial charge in [-0.1, -0.05) is 6.07 Å². The lowest BCUT2D eigenvalue weighted by Crippen LogP contribution is -2.37. The first kappa shape index (κ1) is 13.6. The zero-order valence-corrected chi connectivity index (χ0v) is 11.1. The minimum atomic E-state index is -0.713. The third-order valence-corrected chi connectivity index (χ3v) is 3.08. The Morgan fingerprint density at radius 3 is 2.57 bits per heavy atom. The molecule has 1 fully saturated rings. The van der Waals surface area contributed by atoms with Crippen LogP contribution in [-0.2, 0) is 4.74 Å². The number of hydrogen-bond donors (Lipinski definition) is 1. The summed E-state index contributed by atoms with van der Waals surface area (Å²) in [7, 11) is 0. The molecule has 1 aromatic heterocycles. The highest BCUT2D eigenvalue weighted by Crippen LogP contribution is 2.22. The number of anilines is 3. The van der Waals surface area contributed by atoms with E-state index in [4.69, 9.17) is 4.74 Å². The van der Waals surface area contributed by atoms with Crippen LogP contribution in [0.1, 0.15) is 0 Å². The number of morpholine rings is 1. The number of para-hydroxylation sites is 1. The Balaban J connectivity index is 1.83. The molecule has 2 aromatic rings. The molecule has 8 heteroatoms. The fourth-order valence-corrected chi connectivity index (χ4v) is 2.02. The second-order valence-electron chi connectivity index (χ2n) is 4.46. The zero-order valence-electron chi connectivity index (χ0n) is 11.1. The third kappa shape index (κ3) is 3.05. The van der Waals surface area contributed by atoms with Gasteiger partial charge in [-0.2, -0.15) is 10.1 Å². The van der Waals surface area contributed by atoms with E-state index < -0.39 is 11.6 Å². The molecule has 0 bridgehead atoms. The molecule has 1 saturated heterocycles. The molecule has 110 valence electrons. The maximum Gasteiger partial charge on any atom is 0.249 e. The summed E-state index contributed by atoms with van der Waals surface area (Å²) in [6.07, 6.45) is 1.51. The zero-order chi connectivity index (χ0) is 14.7. The quantitative estimate of drug-likeness (QED) is 0.930. The van der Waals surface area contributed by atoms with E-state index in [9.17, 15) is 8.78 Å². The first-order chi connectivity index (χ1) is 10.2. The Bertz CT molecular complexity index is 613. The van der Waals surface area contributed by atoms with E-state index in [1.807, 2.05) is 4.90 Å². The Labute approximate surface area is 119 Å². The van der Waals surface area contributed by atoms with Gasteiger partial charge in [-0.05, 0) is 12.1 Å². The summed E-state index contributed by atoms with van der Waals surface area (Å²) >= 11 is 0. The van der Waals surface area contributed by atoms with Crippen molar-refractivity contribution in [3.8, 4) is 0 Å². The molecule has 0 amide bonds. The molecule has 0 saturated carbocycles. The van der Waals surface area contributed by atoms with Gasteiger partial charge in [0, 0.05) is 13.1 Å². The van der Waals surface area contributed by atoms with Crippen LogP contribution in [0.5, 0.6) is 0 Å². The van der Waals surface area contributed by atoms with E-state index in [1.165, 1.54) is 12.3 Å². The Morgan fingerprint density at radius 2 is 1.86 bits per heavy atom. The van der Waals surface area contributed by atoms with Crippen LogP contribution in [0, 0.1) is 11.6 Å². The number of rotatable bonds is 3. The first-order valence-corrected chi connectivity index (χ1v) is 6.47. The minimum Gasteiger partial charge on any atom is -0.378 e. The van der Waals surface area contributed by atoms with E-state index >= 15 is 0 Å². The highest BCUT2D eigenvalue weighted by Gasteiger charge is 2.15. The second kappa shape index (κ2) is 5.96. The van der Waals surface area contributed by atoms with Crippen molar-refractivity contribution in [2.24, 2.45) is 0 Å². The molecule has 1 aromatic carbocycles. The van der Waals surface area contributed by atoms with Crippen LogP contribution >= 0.6 is 0 Å². The summed E-state index contributed by atoms with van der Waals surface area (Å²) < 4.78 is 32.4. The molecule has 3 rings (SSSR count). The lowest BCUT2D eigenvalue weighted by Gasteiger charge is -2.27. The molecule has 21 heavy (non-hydrogen) atoms. The average molecular weight is 293 g/mol. The van der Waals surface area contributed by atoms with Gasteiger partial charge < -0.3 is 15.0 Å². The Kier molecular flexibility index (Phi) is 3.87. The molecule has 0 atom stereocenters. The summed E-state index contributed by atoms with van der Waals surface area (Å²) in [6, 6.07) is 3.61. The standard InChI is InChI=1S/C13H13F2N5O/c14-9-2-1-3-10(15)12(9)18-13-17-11(8-16-19-13)20-4-6-21-7-5-20/h1-3,8H,4-7H2,(H,17,18,19). The fraction of sp³-hybridized carbons (Fsp3) is 0.308. The number of aromatic nitrogens is 3. The number of ether oxygens (including phenoxy) is 1. The van der Waals surface area contributed by atoms with Gasteiger partial charge in [0.05, 0.1) is 19.4 Å². The number of hydrogen-bond acceptors (Lipinski definition) is 6. The maximum absolute atomic E-state index is 13.6. The van der Waals surface area contributed by atoms with Crippen LogP contribution in [0.25, 0.3) is 0 Å². The van der Waals surface area contributed by atoms with Gasteiger partial charge >= 0.3 is 0 Å². The molecule has 0 aliphatic carbocycles. The van der Waals surface area contributed by atoms with Gasteiger partial charge in [0.15, 0.2) is 5.82 Å². The second-order valence-corrected chi connectivity index (χ2v) is 4.46. The van der Waals surface area contributed by atoms with E-state index in [2.05, 4.69) is 20.5 Å². The molecular weight excluding hydrogens is 280 g/mol. The predicted molar refractivity (Wildman–Crippen MR) is 72.5 cm³/mol. The van der Waals surface area contributed by atoms with Crippen molar-refractivity contribution in [3.63, 3.8) is 0 Å². The first-order valence-electron chi connectivity index (χ1n) is 6.47. The van der Waals surface area contributed by atoms with Crippen LogP contribution in [-0.4, -0.2) is 41.5 Å². The maximum atomic E-state index is 13.6. The summed E-state index contributed by atoms with van der Waals surface area (Å²) in [4.78, 5) is 6.20. The minimum absolute atomic E-state index is 0.0444. The largest absolute Gasteiger partial charge is 0.378 e. The molecule has 1 aliphatic heterocycles. The smallest absolute Gasteiger partial charge is 0.249 e. The van der Waals surface area contributed by atoms with E-state index in [1.54, 1.807) is 0 Å². The van der Waals surface area contributed by atoms with Crippen LogP contribution in [0.2, 0.25) is 0 Å². The summed E-state index contributed by atoms with van der Waals surface area (Å²) in [6.45, 7) is 2.59. The van der Waals surface area contributed by atoms with Crippen molar-refractivity contribution >= 4 is 17.5 Å². The lowest BCUT2D eigenvalue weighted by molar-refractivity contribution is 0.122. The molecule has 1 N–H and O–H groups in total. The van der Waals surface area contributed by atoms with Crippen LogP contribution in [0.15, 0.2) is 24.4 Å². The van der Waals surface area contributed by atoms with Gasteiger partial charge in [0.25, 0.3) is 0 Å². The number of benzene rings is 1. The van der Waals surface area contributed by atoms with Gasteiger partial charge in [-0.25, -0.2) is 8.78 Å². The van der Waals surface area contributed by atoms with Crippen LogP contribution in [0.3, 0.4) is 0 Å². The molecule has 0 unspecified atom stereocenters. The van der Waals surface area contributed by atoms with Crippen molar-refractivity contribution in [1.82, 2.24) is 15.2 Å². The van der Waals surface area contributed by atoms with Crippen molar-refractivity contribution < 1.29 is 13.5 Å². The normalized spacial score (nSPS) is 15.0. The third-order valence-electron chi connectivity index (χ3n) is 3.08. The fourth-order valence-electron chi connectivity index (χ4n) is 2.02. The van der Waals surface area contributed by atoms with E-state index in [0.717, 1.165) is 12.1 Å². The van der Waals surface area contributed by atoms with Gasteiger partial charge in [0.2, 0.25) is 5.95 Å². The Morgan fingerprint density at radius 1 is 1.14 bits per heavy atom. The van der Waals surface area contributed by atoms with Crippen molar-refractivity contribution in [2.45, 2.75) is 0 Å². The van der Waals surface area contributed by atoms with Crippen molar-refractivity contribution in [3.05, 3.63) is 36.0 Å². The summed E-state index contributed by atoms with van der Waals surface area (Å²) in [5, 5.41) is 10.1. The highest BCUT2D eigenvalue weighted by molar-refractivity contribution is 5.56. The number of nitrogens with one attached hydrogen (secondary N) is 1. The molecule has 2 heterocycles. The Hall–Kier alpha value is -2.35. The monoisotopic (exact) mass is 293 g/mol.